The number of carbonyl (C=O) groups is 1. The lowest BCUT2D eigenvalue weighted by Crippen LogP contribution is -2.49. The van der Waals surface area contributed by atoms with Crippen LogP contribution in [0, 0.1) is 0 Å². The zero-order valence-corrected chi connectivity index (χ0v) is 12.3. The first-order valence-corrected chi connectivity index (χ1v) is 7.20. The highest BCUT2D eigenvalue weighted by atomic mass is 127. The molecule has 0 bridgehead atoms. The van der Waals surface area contributed by atoms with Gasteiger partial charge in [0.15, 0.2) is 5.78 Å². The molecule has 17 heavy (non-hydrogen) atoms. The number of rotatable bonds is 3. The third-order valence-electron chi connectivity index (χ3n) is 3.60. The van der Waals surface area contributed by atoms with Gasteiger partial charge in [-0.05, 0) is 18.4 Å². The molecule has 0 aliphatic heterocycles. The van der Waals surface area contributed by atoms with E-state index in [9.17, 15) is 4.79 Å². The highest BCUT2D eigenvalue weighted by Crippen LogP contribution is 2.41. The van der Waals surface area contributed by atoms with Gasteiger partial charge < -0.3 is 0 Å². The van der Waals surface area contributed by atoms with Crippen LogP contribution in [-0.2, 0) is 10.3 Å². The van der Waals surface area contributed by atoms with Crippen LogP contribution in [0.5, 0.6) is 0 Å². The Kier molecular flexibility index (Phi) is 4.20. The first kappa shape index (κ1) is 13.0. The van der Waals surface area contributed by atoms with E-state index in [1.54, 1.807) is 0 Å². The summed E-state index contributed by atoms with van der Waals surface area (Å²) in [6.07, 6.45) is 3.85. The van der Waals surface area contributed by atoms with E-state index in [4.69, 9.17) is 0 Å². The molecule has 92 valence electrons. The lowest BCUT2D eigenvalue weighted by molar-refractivity contribution is -0.130. The summed E-state index contributed by atoms with van der Waals surface area (Å²) in [5, 5.41) is 0. The van der Waals surface area contributed by atoms with Crippen molar-refractivity contribution in [3.05, 3.63) is 35.9 Å². The fourth-order valence-electron chi connectivity index (χ4n) is 2.70. The Labute approximate surface area is 117 Å². The number of ketones is 1. The molecular formula is C14H18INO. The van der Waals surface area contributed by atoms with Crippen molar-refractivity contribution in [3.63, 3.8) is 0 Å². The van der Waals surface area contributed by atoms with E-state index in [1.807, 2.05) is 18.2 Å². The number of likely N-dealkylation sites (N-methyl/N-ethyl adjacent to an activating group) is 1. The molecule has 0 N–H and O–H groups in total. The van der Waals surface area contributed by atoms with Gasteiger partial charge in [0, 0.05) is 35.8 Å². The molecule has 0 spiro atoms. The lowest BCUT2D eigenvalue weighted by Gasteiger charge is -2.41. The molecule has 0 saturated heterocycles. The van der Waals surface area contributed by atoms with Gasteiger partial charge >= 0.3 is 0 Å². The quantitative estimate of drug-likeness (QED) is 0.616. The van der Waals surface area contributed by atoms with Crippen molar-refractivity contribution in [2.24, 2.45) is 0 Å². The SMILES string of the molecule is CCN(I)C1(c2ccccc2)CCCCC1=O. The van der Waals surface area contributed by atoms with E-state index in [2.05, 4.69) is 45.0 Å². The predicted molar refractivity (Wildman–Crippen MR) is 78.0 cm³/mol. The minimum atomic E-state index is -0.380. The Bertz CT molecular complexity index is 392. The number of carbonyl (C=O) groups excluding carboxylic acids is 1. The third-order valence-corrected chi connectivity index (χ3v) is 5.10. The summed E-state index contributed by atoms with van der Waals surface area (Å²) in [4.78, 5) is 12.5. The maximum Gasteiger partial charge on any atom is 0.158 e. The van der Waals surface area contributed by atoms with Crippen LogP contribution < -0.4 is 0 Å². The van der Waals surface area contributed by atoms with Crippen molar-refractivity contribution in [1.82, 2.24) is 3.11 Å². The Morgan fingerprint density at radius 2 is 2.00 bits per heavy atom. The maximum atomic E-state index is 12.5. The molecule has 0 aromatic heterocycles. The Morgan fingerprint density at radius 3 is 2.59 bits per heavy atom. The molecule has 1 aliphatic carbocycles. The molecule has 1 fully saturated rings. The Morgan fingerprint density at radius 1 is 1.29 bits per heavy atom. The predicted octanol–water partition coefficient (Wildman–Crippen LogP) is 3.70. The largest absolute Gasteiger partial charge is 0.297 e. The number of Topliss-reactive ketones (excluding diaryl/α,β-unsaturated/α-hetero) is 1. The number of nitrogens with zero attached hydrogens (tertiary/aromatic N) is 1. The standard InChI is InChI=1S/C14H18INO/c1-2-16(15)14(11-7-6-10-13(14)17)12-8-4-3-5-9-12/h3-5,8-9H,2,6-7,10-11H2,1H3. The van der Waals surface area contributed by atoms with E-state index >= 15 is 0 Å². The summed E-state index contributed by atoms with van der Waals surface area (Å²) in [5.74, 6) is 0.381. The van der Waals surface area contributed by atoms with Crippen molar-refractivity contribution in [2.75, 3.05) is 6.54 Å². The summed E-state index contributed by atoms with van der Waals surface area (Å²) >= 11 is 2.31. The van der Waals surface area contributed by atoms with E-state index in [1.165, 1.54) is 0 Å². The molecule has 3 heteroatoms. The van der Waals surface area contributed by atoms with Gasteiger partial charge in [0.2, 0.25) is 0 Å². The molecule has 0 radical (unpaired) electrons. The van der Waals surface area contributed by atoms with Crippen LogP contribution in [-0.4, -0.2) is 15.4 Å². The van der Waals surface area contributed by atoms with Crippen LogP contribution in [0.15, 0.2) is 30.3 Å². The van der Waals surface area contributed by atoms with Gasteiger partial charge in [0.25, 0.3) is 0 Å². The summed E-state index contributed by atoms with van der Waals surface area (Å²) in [5.41, 5.74) is 0.774. The molecular weight excluding hydrogens is 325 g/mol. The maximum absolute atomic E-state index is 12.5. The summed E-state index contributed by atoms with van der Waals surface area (Å²) in [7, 11) is 0. The van der Waals surface area contributed by atoms with Crippen molar-refractivity contribution >= 4 is 28.6 Å². The van der Waals surface area contributed by atoms with Gasteiger partial charge in [0.1, 0.15) is 5.54 Å². The fraction of sp³-hybridized carbons (Fsp3) is 0.500. The molecule has 1 saturated carbocycles. The highest BCUT2D eigenvalue weighted by Gasteiger charge is 2.44. The molecule has 2 rings (SSSR count). The molecule has 2 nitrogen and oxygen atoms in total. The molecule has 1 atom stereocenters. The van der Waals surface area contributed by atoms with E-state index in [0.29, 0.717) is 12.2 Å². The van der Waals surface area contributed by atoms with Gasteiger partial charge in [-0.2, -0.15) is 0 Å². The molecule has 0 amide bonds. The van der Waals surface area contributed by atoms with Crippen molar-refractivity contribution in [2.45, 2.75) is 38.1 Å². The van der Waals surface area contributed by atoms with Gasteiger partial charge in [-0.1, -0.05) is 43.7 Å². The summed E-state index contributed by atoms with van der Waals surface area (Å²) in [6.45, 7) is 3.00. The molecule has 1 unspecified atom stereocenters. The first-order valence-electron chi connectivity index (χ1n) is 6.24. The van der Waals surface area contributed by atoms with Crippen LogP contribution in [0.25, 0.3) is 0 Å². The first-order chi connectivity index (χ1) is 8.21. The van der Waals surface area contributed by atoms with Crippen LogP contribution in [0.4, 0.5) is 0 Å². The summed E-state index contributed by atoms with van der Waals surface area (Å²) < 4.78 is 2.18. The second-order valence-electron chi connectivity index (χ2n) is 4.53. The topological polar surface area (TPSA) is 20.3 Å². The van der Waals surface area contributed by atoms with Crippen LogP contribution in [0.2, 0.25) is 0 Å². The number of hydrogen-bond donors (Lipinski definition) is 0. The van der Waals surface area contributed by atoms with E-state index in [0.717, 1.165) is 31.4 Å². The fourth-order valence-corrected chi connectivity index (χ4v) is 3.49. The average molecular weight is 343 g/mol. The van der Waals surface area contributed by atoms with Crippen LogP contribution >= 0.6 is 22.9 Å². The zero-order valence-electron chi connectivity index (χ0n) is 10.2. The molecule has 1 aromatic rings. The minimum Gasteiger partial charge on any atom is -0.297 e. The Balaban J connectivity index is 2.46. The number of benzene rings is 1. The number of halogens is 1. The summed E-state index contributed by atoms with van der Waals surface area (Å²) in [6, 6.07) is 10.2. The van der Waals surface area contributed by atoms with Crippen LogP contribution in [0.1, 0.15) is 38.2 Å². The zero-order chi connectivity index (χ0) is 12.3. The second kappa shape index (κ2) is 5.48. The lowest BCUT2D eigenvalue weighted by atomic mass is 9.75. The van der Waals surface area contributed by atoms with E-state index < -0.39 is 0 Å². The minimum absolute atomic E-state index is 0.380. The van der Waals surface area contributed by atoms with Crippen LogP contribution in [0.3, 0.4) is 0 Å². The third kappa shape index (κ3) is 2.27. The molecule has 1 aromatic carbocycles. The smallest absolute Gasteiger partial charge is 0.158 e. The van der Waals surface area contributed by atoms with Gasteiger partial charge in [-0.25, -0.2) is 3.11 Å². The van der Waals surface area contributed by atoms with Crippen molar-refractivity contribution < 1.29 is 4.79 Å². The highest BCUT2D eigenvalue weighted by molar-refractivity contribution is 14.1. The van der Waals surface area contributed by atoms with Gasteiger partial charge in [-0.3, -0.25) is 4.79 Å². The number of hydrogen-bond acceptors (Lipinski definition) is 2. The van der Waals surface area contributed by atoms with Crippen molar-refractivity contribution in [1.29, 1.82) is 0 Å². The Hall–Kier alpha value is -0.420. The van der Waals surface area contributed by atoms with Crippen molar-refractivity contribution in [3.8, 4) is 0 Å². The normalized spacial score (nSPS) is 25.2. The molecule has 1 aliphatic rings. The van der Waals surface area contributed by atoms with E-state index in [-0.39, 0.29) is 5.54 Å². The van der Waals surface area contributed by atoms with Gasteiger partial charge in [-0.15, -0.1) is 0 Å². The van der Waals surface area contributed by atoms with Gasteiger partial charge in [0.05, 0.1) is 0 Å². The molecule has 0 heterocycles. The second-order valence-corrected chi connectivity index (χ2v) is 5.70. The monoisotopic (exact) mass is 343 g/mol. The average Bonchev–Trinajstić information content (AvgIpc) is 2.39.